The summed E-state index contributed by atoms with van der Waals surface area (Å²) in [5, 5.41) is 0. The number of nitrogens with zero attached hydrogens (tertiary/aromatic N) is 2. The molecule has 78 valence electrons. The fraction of sp³-hybridized carbons (Fsp3) is 0.556. The molecule has 4 nitrogen and oxygen atoms in total. The minimum absolute atomic E-state index is 0.460. The topological polar surface area (TPSA) is 49.7 Å². The summed E-state index contributed by atoms with van der Waals surface area (Å²) in [4.78, 5) is 6.65. The number of hydrogen-bond acceptors (Lipinski definition) is 4. The molecule has 0 aromatic rings. The Bertz CT molecular complexity index is 385. The van der Waals surface area contributed by atoms with Gasteiger partial charge in [0.2, 0.25) is 10.3 Å². The summed E-state index contributed by atoms with van der Waals surface area (Å²) in [7, 11) is -0.138. The molecule has 0 amide bonds. The lowest BCUT2D eigenvalue weighted by molar-refractivity contribution is 0.515. The number of aliphatic imine (C=N–C) groups is 1. The van der Waals surface area contributed by atoms with Crippen LogP contribution in [-0.2, 0) is 10.3 Å². The normalized spacial score (nSPS) is 15.3. The maximum atomic E-state index is 10.8. The van der Waals surface area contributed by atoms with E-state index in [9.17, 15) is 8.42 Å². The van der Waals surface area contributed by atoms with Crippen molar-refractivity contribution in [2.45, 2.75) is 19.8 Å². The van der Waals surface area contributed by atoms with Gasteiger partial charge >= 0.3 is 0 Å². The average molecular weight is 214 g/mol. The van der Waals surface area contributed by atoms with Crippen molar-refractivity contribution in [2.24, 2.45) is 4.99 Å². The highest BCUT2D eigenvalue weighted by Crippen LogP contribution is 2.02. The van der Waals surface area contributed by atoms with E-state index in [1.807, 2.05) is 25.1 Å². The molecule has 0 N–H and O–H groups in total. The zero-order valence-electron chi connectivity index (χ0n) is 8.40. The zero-order chi connectivity index (χ0) is 10.6. The van der Waals surface area contributed by atoms with Crippen molar-refractivity contribution in [1.82, 2.24) is 4.90 Å². The predicted octanol–water partition coefficient (Wildman–Crippen LogP) is 0.696. The van der Waals surface area contributed by atoms with Crippen LogP contribution in [-0.4, -0.2) is 37.5 Å². The van der Waals surface area contributed by atoms with Gasteiger partial charge in [0.05, 0.1) is 11.4 Å². The van der Waals surface area contributed by atoms with E-state index < -0.39 is 10.3 Å². The monoisotopic (exact) mass is 214 g/mol. The van der Waals surface area contributed by atoms with Crippen LogP contribution in [0.15, 0.2) is 17.4 Å². The van der Waals surface area contributed by atoms with Crippen LogP contribution in [0, 0.1) is 0 Å². The molecule has 0 bridgehead atoms. The van der Waals surface area contributed by atoms with Crippen LogP contribution in [0.4, 0.5) is 0 Å². The van der Waals surface area contributed by atoms with Gasteiger partial charge in [-0.1, -0.05) is 6.92 Å². The SMILES string of the molecule is CCC(CC1=NC=CN(C)C1)=S(=O)=O. The summed E-state index contributed by atoms with van der Waals surface area (Å²) in [5.41, 5.74) is 0.899. The second-order valence-corrected chi connectivity index (χ2v) is 4.26. The van der Waals surface area contributed by atoms with Gasteiger partial charge in [-0.25, -0.2) is 0 Å². The van der Waals surface area contributed by atoms with Crippen molar-refractivity contribution < 1.29 is 8.42 Å². The molecule has 1 aliphatic rings. The standard InChI is InChI=1S/C9H14N2O2S/c1-3-9(14(12)13)6-8-7-11(2)5-4-10-8/h4-5H,3,6-7H2,1-2H3. The molecule has 1 rings (SSSR count). The van der Waals surface area contributed by atoms with E-state index in [2.05, 4.69) is 4.99 Å². The lowest BCUT2D eigenvalue weighted by atomic mass is 10.1. The smallest absolute Gasteiger partial charge is 0.213 e. The van der Waals surface area contributed by atoms with Crippen LogP contribution in [0.25, 0.3) is 0 Å². The first-order chi connectivity index (χ1) is 6.63. The summed E-state index contributed by atoms with van der Waals surface area (Å²) in [6.07, 6.45) is 4.58. The highest BCUT2D eigenvalue weighted by Gasteiger charge is 2.09. The van der Waals surface area contributed by atoms with E-state index >= 15 is 0 Å². The Labute approximate surface area is 85.5 Å². The van der Waals surface area contributed by atoms with Crippen LogP contribution in [0.5, 0.6) is 0 Å². The quantitative estimate of drug-likeness (QED) is 0.650. The van der Waals surface area contributed by atoms with E-state index in [4.69, 9.17) is 0 Å². The van der Waals surface area contributed by atoms with Crippen molar-refractivity contribution >= 4 is 20.9 Å². The maximum absolute atomic E-state index is 10.8. The molecule has 0 fully saturated rings. The Kier molecular flexibility index (Phi) is 3.88. The summed E-state index contributed by atoms with van der Waals surface area (Å²) in [6, 6.07) is 0. The molecule has 1 heterocycles. The van der Waals surface area contributed by atoms with Gasteiger partial charge < -0.3 is 4.90 Å². The van der Waals surface area contributed by atoms with Crippen LogP contribution in [0.1, 0.15) is 19.8 Å². The Morgan fingerprint density at radius 1 is 1.64 bits per heavy atom. The summed E-state index contributed by atoms with van der Waals surface area (Å²) in [5.74, 6) is 0. The minimum atomic E-state index is -2.07. The van der Waals surface area contributed by atoms with E-state index in [1.54, 1.807) is 6.20 Å². The fourth-order valence-corrected chi connectivity index (χ4v) is 1.79. The van der Waals surface area contributed by atoms with Crippen molar-refractivity contribution in [1.29, 1.82) is 0 Å². The van der Waals surface area contributed by atoms with Gasteiger partial charge in [0.1, 0.15) is 0 Å². The molecule has 0 atom stereocenters. The summed E-state index contributed by atoms with van der Waals surface area (Å²) < 4.78 is 21.5. The second kappa shape index (κ2) is 4.95. The van der Waals surface area contributed by atoms with Gasteiger partial charge in [-0.3, -0.25) is 4.99 Å². The van der Waals surface area contributed by atoms with Gasteiger partial charge in [-0.05, 0) is 6.42 Å². The molecule has 0 saturated heterocycles. The highest BCUT2D eigenvalue weighted by molar-refractivity contribution is 7.73. The van der Waals surface area contributed by atoms with Crippen LogP contribution in [0.3, 0.4) is 0 Å². The Morgan fingerprint density at radius 3 is 2.86 bits per heavy atom. The third kappa shape index (κ3) is 2.99. The first kappa shape index (κ1) is 11.0. The Hall–Kier alpha value is -1.10. The number of rotatable bonds is 3. The minimum Gasteiger partial charge on any atom is -0.374 e. The maximum Gasteiger partial charge on any atom is 0.213 e. The van der Waals surface area contributed by atoms with E-state index in [-0.39, 0.29) is 0 Å². The Morgan fingerprint density at radius 2 is 2.36 bits per heavy atom. The van der Waals surface area contributed by atoms with Gasteiger partial charge in [-0.2, -0.15) is 8.42 Å². The van der Waals surface area contributed by atoms with Crippen LogP contribution in [0.2, 0.25) is 0 Å². The molecular formula is C9H14N2O2S. The van der Waals surface area contributed by atoms with E-state index in [0.717, 1.165) is 5.71 Å². The molecule has 0 radical (unpaired) electrons. The molecule has 14 heavy (non-hydrogen) atoms. The molecule has 0 spiro atoms. The van der Waals surface area contributed by atoms with Gasteiger partial charge in [0.15, 0.2) is 0 Å². The third-order valence-electron chi connectivity index (χ3n) is 2.04. The van der Waals surface area contributed by atoms with E-state index in [0.29, 0.717) is 24.3 Å². The predicted molar refractivity (Wildman–Crippen MR) is 58.0 cm³/mol. The molecule has 1 aliphatic heterocycles. The summed E-state index contributed by atoms with van der Waals surface area (Å²) >= 11 is 0. The van der Waals surface area contributed by atoms with Crippen molar-refractivity contribution in [3.63, 3.8) is 0 Å². The lowest BCUT2D eigenvalue weighted by Crippen LogP contribution is -2.25. The first-order valence-electron chi connectivity index (χ1n) is 4.50. The molecule has 0 aromatic heterocycles. The first-order valence-corrected chi connectivity index (χ1v) is 5.57. The molecule has 0 unspecified atom stereocenters. The molecule has 0 saturated carbocycles. The third-order valence-corrected chi connectivity index (χ3v) is 2.95. The summed E-state index contributed by atoms with van der Waals surface area (Å²) in [6.45, 7) is 2.55. The molecule has 0 aliphatic carbocycles. The highest BCUT2D eigenvalue weighted by atomic mass is 32.2. The zero-order valence-corrected chi connectivity index (χ0v) is 9.21. The molecule has 0 aromatic carbocycles. The largest absolute Gasteiger partial charge is 0.374 e. The van der Waals surface area contributed by atoms with Gasteiger partial charge in [0, 0.05) is 31.6 Å². The van der Waals surface area contributed by atoms with Gasteiger partial charge in [-0.15, -0.1) is 0 Å². The van der Waals surface area contributed by atoms with Crippen LogP contribution < -0.4 is 0 Å². The second-order valence-electron chi connectivity index (χ2n) is 3.21. The number of hydrogen-bond donors (Lipinski definition) is 0. The average Bonchev–Trinajstić information content (AvgIpc) is 2.14. The fourth-order valence-electron chi connectivity index (χ4n) is 1.26. The molecular weight excluding hydrogens is 200 g/mol. The van der Waals surface area contributed by atoms with E-state index in [1.165, 1.54) is 0 Å². The Balaban J connectivity index is 2.75. The van der Waals surface area contributed by atoms with Crippen LogP contribution >= 0.6 is 0 Å². The van der Waals surface area contributed by atoms with Crippen molar-refractivity contribution in [2.75, 3.05) is 13.6 Å². The van der Waals surface area contributed by atoms with Gasteiger partial charge in [0.25, 0.3) is 0 Å². The molecule has 5 heteroatoms. The van der Waals surface area contributed by atoms with Crippen molar-refractivity contribution in [3.8, 4) is 0 Å². The van der Waals surface area contributed by atoms with Crippen molar-refractivity contribution in [3.05, 3.63) is 12.4 Å². The lowest BCUT2D eigenvalue weighted by Gasteiger charge is -2.18.